The van der Waals surface area contributed by atoms with Crippen LogP contribution in [-0.4, -0.2) is 52.5 Å². The minimum absolute atomic E-state index is 0.125. The Morgan fingerprint density at radius 3 is 2.53 bits per heavy atom. The predicted molar refractivity (Wildman–Crippen MR) is 124 cm³/mol. The summed E-state index contributed by atoms with van der Waals surface area (Å²) < 4.78 is 7.73. The number of amides is 1. The van der Waals surface area contributed by atoms with Gasteiger partial charge in [-0.1, -0.05) is 37.3 Å². The molecule has 0 aliphatic carbocycles. The van der Waals surface area contributed by atoms with Gasteiger partial charge in [-0.2, -0.15) is 5.26 Å². The number of thioether (sulfide) groups is 1. The van der Waals surface area contributed by atoms with Crippen molar-refractivity contribution in [2.75, 3.05) is 37.7 Å². The molecule has 0 aromatic carbocycles. The highest BCUT2D eigenvalue weighted by atomic mass is 32.2. The molecule has 3 heterocycles. The molecule has 0 unspecified atom stereocenters. The number of rotatable bonds is 6. The van der Waals surface area contributed by atoms with Crippen LogP contribution in [0.25, 0.3) is 6.08 Å². The summed E-state index contributed by atoms with van der Waals surface area (Å²) in [7, 11) is 0. The van der Waals surface area contributed by atoms with E-state index in [-0.39, 0.29) is 17.0 Å². The molecule has 160 valence electrons. The smallest absolute Gasteiger partial charge is 0.270 e. The van der Waals surface area contributed by atoms with Crippen LogP contribution in [0, 0.1) is 18.3 Å². The largest absolute Gasteiger partial charge is 0.378 e. The van der Waals surface area contributed by atoms with Crippen LogP contribution >= 0.6 is 24.0 Å². The molecule has 2 saturated heterocycles. The molecule has 0 bridgehead atoms. The molecule has 0 spiro atoms. The third kappa shape index (κ3) is 4.17. The highest BCUT2D eigenvalue weighted by Crippen LogP contribution is 2.35. The number of nitrogens with zero attached hydrogens (tertiary/aromatic N) is 4. The molecule has 1 aromatic heterocycles. The lowest BCUT2D eigenvalue weighted by atomic mass is 10.0. The molecule has 7 nitrogen and oxygen atoms in total. The lowest BCUT2D eigenvalue weighted by Gasteiger charge is -2.33. The predicted octanol–water partition coefficient (Wildman–Crippen LogP) is 2.89. The lowest BCUT2D eigenvalue weighted by molar-refractivity contribution is -0.121. The van der Waals surface area contributed by atoms with Gasteiger partial charge in [0, 0.05) is 31.7 Å². The molecule has 0 saturated carbocycles. The lowest BCUT2D eigenvalue weighted by Crippen LogP contribution is -2.41. The number of hydrogen-bond donors (Lipinski definition) is 0. The molecule has 9 heteroatoms. The zero-order chi connectivity index (χ0) is 21.8. The quantitative estimate of drug-likeness (QED) is 0.491. The first-order valence-corrected chi connectivity index (χ1v) is 11.4. The molecule has 30 heavy (non-hydrogen) atoms. The fraction of sp³-hybridized carbons (Fsp3) is 0.524. The number of morpholine rings is 1. The average Bonchev–Trinajstić information content (AvgIpc) is 3.02. The second-order valence-electron chi connectivity index (χ2n) is 7.18. The van der Waals surface area contributed by atoms with E-state index in [4.69, 9.17) is 17.0 Å². The molecular weight excluding hydrogens is 420 g/mol. The highest BCUT2D eigenvalue weighted by molar-refractivity contribution is 8.26. The van der Waals surface area contributed by atoms with Crippen molar-refractivity contribution in [2.24, 2.45) is 0 Å². The van der Waals surface area contributed by atoms with Gasteiger partial charge >= 0.3 is 0 Å². The zero-order valence-corrected chi connectivity index (χ0v) is 19.2. The Labute approximate surface area is 186 Å². The number of hydrogen-bond acceptors (Lipinski definition) is 7. The van der Waals surface area contributed by atoms with Crippen molar-refractivity contribution in [2.45, 2.75) is 40.2 Å². The van der Waals surface area contributed by atoms with Crippen molar-refractivity contribution in [3.05, 3.63) is 31.9 Å². The maximum absolute atomic E-state index is 13.2. The van der Waals surface area contributed by atoms with E-state index in [9.17, 15) is 14.9 Å². The van der Waals surface area contributed by atoms with Gasteiger partial charge in [0.05, 0.1) is 18.1 Å². The van der Waals surface area contributed by atoms with Crippen molar-refractivity contribution in [1.82, 2.24) is 9.47 Å². The normalized spacial score (nSPS) is 18.4. The molecule has 0 radical (unpaired) electrons. The second-order valence-corrected chi connectivity index (χ2v) is 8.86. The molecule has 3 rings (SSSR count). The first-order valence-electron chi connectivity index (χ1n) is 10.2. The van der Waals surface area contributed by atoms with E-state index in [0.29, 0.717) is 54.2 Å². The minimum atomic E-state index is -0.275. The van der Waals surface area contributed by atoms with Gasteiger partial charge in [-0.3, -0.25) is 19.1 Å². The Bertz CT molecular complexity index is 987. The summed E-state index contributed by atoms with van der Waals surface area (Å²) in [4.78, 5) is 30.2. The van der Waals surface area contributed by atoms with E-state index >= 15 is 0 Å². The Balaban J connectivity index is 2.25. The van der Waals surface area contributed by atoms with Crippen molar-refractivity contribution in [1.29, 1.82) is 5.26 Å². The van der Waals surface area contributed by atoms with E-state index in [1.165, 1.54) is 11.8 Å². The standard InChI is InChI=1S/C21H26N4O3S2/c1-4-6-7-25-18(23-8-10-28-11-9-23)15(14(3)16(13-22)19(25)26)12-17-20(27)24(5-2)21(29)30-17/h12H,4-11H2,1-3H3. The van der Waals surface area contributed by atoms with Crippen molar-refractivity contribution < 1.29 is 9.53 Å². The summed E-state index contributed by atoms with van der Waals surface area (Å²) in [5.41, 5.74) is 1.18. The number of carbonyl (C=O) groups is 1. The minimum Gasteiger partial charge on any atom is -0.378 e. The Kier molecular flexibility index (Phi) is 7.34. The first kappa shape index (κ1) is 22.5. The number of anilines is 1. The molecule has 0 atom stereocenters. The third-order valence-electron chi connectivity index (χ3n) is 5.36. The molecular formula is C21H26N4O3S2. The van der Waals surface area contributed by atoms with Gasteiger partial charge in [0.2, 0.25) is 0 Å². The Morgan fingerprint density at radius 2 is 1.97 bits per heavy atom. The molecule has 0 N–H and O–H groups in total. The number of nitriles is 1. The van der Waals surface area contributed by atoms with Gasteiger partial charge in [0.25, 0.3) is 11.5 Å². The summed E-state index contributed by atoms with van der Waals surface area (Å²) in [6.07, 6.45) is 3.55. The SMILES string of the molecule is CCCCn1c(N2CCOCC2)c(C=C2SC(=S)N(CC)C2=O)c(C)c(C#N)c1=O. The molecule has 2 fully saturated rings. The van der Waals surface area contributed by atoms with Crippen molar-refractivity contribution >= 4 is 46.1 Å². The van der Waals surface area contributed by atoms with Gasteiger partial charge in [-0.25, -0.2) is 0 Å². The summed E-state index contributed by atoms with van der Waals surface area (Å²) >= 11 is 6.61. The van der Waals surface area contributed by atoms with Crippen LogP contribution in [0.4, 0.5) is 5.82 Å². The monoisotopic (exact) mass is 446 g/mol. The second kappa shape index (κ2) is 9.77. The molecule has 1 aromatic rings. The van der Waals surface area contributed by atoms with E-state index in [1.54, 1.807) is 22.5 Å². The van der Waals surface area contributed by atoms with Crippen LogP contribution in [0.2, 0.25) is 0 Å². The van der Waals surface area contributed by atoms with Crippen LogP contribution in [-0.2, 0) is 16.1 Å². The Morgan fingerprint density at radius 1 is 1.27 bits per heavy atom. The first-order chi connectivity index (χ1) is 14.4. The molecule has 2 aliphatic rings. The van der Waals surface area contributed by atoms with Crippen LogP contribution in [0.5, 0.6) is 0 Å². The fourth-order valence-corrected chi connectivity index (χ4v) is 5.05. The number of ether oxygens (including phenoxy) is 1. The van der Waals surface area contributed by atoms with Gasteiger partial charge in [-0.05, 0) is 31.9 Å². The van der Waals surface area contributed by atoms with E-state index in [1.807, 2.05) is 6.92 Å². The number of pyridine rings is 1. The summed E-state index contributed by atoms with van der Waals surface area (Å²) in [6, 6.07) is 2.08. The van der Waals surface area contributed by atoms with Gasteiger partial charge < -0.3 is 9.64 Å². The zero-order valence-electron chi connectivity index (χ0n) is 17.6. The Hall–Kier alpha value is -2.15. The van der Waals surface area contributed by atoms with Crippen LogP contribution in [0.1, 0.15) is 43.4 Å². The van der Waals surface area contributed by atoms with E-state index in [0.717, 1.165) is 24.2 Å². The van der Waals surface area contributed by atoms with Crippen LogP contribution in [0.3, 0.4) is 0 Å². The number of thiocarbonyl (C=S) groups is 1. The topological polar surface area (TPSA) is 78.6 Å². The average molecular weight is 447 g/mol. The maximum Gasteiger partial charge on any atom is 0.270 e. The fourth-order valence-electron chi connectivity index (χ4n) is 3.69. The summed E-state index contributed by atoms with van der Waals surface area (Å²) in [5, 5.41) is 9.69. The summed E-state index contributed by atoms with van der Waals surface area (Å²) in [6.45, 7) is 9.19. The third-order valence-corrected chi connectivity index (χ3v) is 6.74. The van der Waals surface area contributed by atoms with Gasteiger partial charge in [0.15, 0.2) is 0 Å². The van der Waals surface area contributed by atoms with E-state index < -0.39 is 0 Å². The van der Waals surface area contributed by atoms with E-state index in [2.05, 4.69) is 17.9 Å². The number of aromatic nitrogens is 1. The van der Waals surface area contributed by atoms with Gasteiger partial charge in [0.1, 0.15) is 21.8 Å². The summed E-state index contributed by atoms with van der Waals surface area (Å²) in [5.74, 6) is 0.625. The maximum atomic E-state index is 13.2. The highest BCUT2D eigenvalue weighted by Gasteiger charge is 2.32. The molecule has 2 aliphatic heterocycles. The molecule has 1 amide bonds. The number of likely N-dealkylation sites (N-methyl/N-ethyl adjacent to an activating group) is 1. The number of unbranched alkanes of at least 4 members (excludes halogenated alkanes) is 1. The van der Waals surface area contributed by atoms with Crippen LogP contribution in [0.15, 0.2) is 9.70 Å². The van der Waals surface area contributed by atoms with Gasteiger partial charge in [-0.15, -0.1) is 0 Å². The van der Waals surface area contributed by atoms with Crippen LogP contribution < -0.4 is 10.5 Å². The number of carbonyl (C=O) groups excluding carboxylic acids is 1. The van der Waals surface area contributed by atoms with Crippen molar-refractivity contribution in [3.8, 4) is 6.07 Å². The van der Waals surface area contributed by atoms with Crippen molar-refractivity contribution in [3.63, 3.8) is 0 Å².